The first-order valence-corrected chi connectivity index (χ1v) is 9.66. The summed E-state index contributed by atoms with van der Waals surface area (Å²) in [5.41, 5.74) is 0.752. The molecule has 0 spiro atoms. The largest absolute Gasteiger partial charge is 0.468 e. The van der Waals surface area contributed by atoms with Crippen LogP contribution in [0.25, 0.3) is 0 Å². The standard InChI is InChI=1S/C20H24ClN3O2/c21-14-6-8-15(9-7-14)22-20(25)23-16-11-17-3-1-4-18(12-16)24(17)13-19-5-2-10-26-19/h2,5-10,16-18H,1,3-4,11-13H2,(H2,22,23,25). The molecule has 2 aliphatic heterocycles. The summed E-state index contributed by atoms with van der Waals surface area (Å²) in [6, 6.07) is 12.2. The Hall–Kier alpha value is -1.98. The molecule has 2 bridgehead atoms. The summed E-state index contributed by atoms with van der Waals surface area (Å²) in [5, 5.41) is 6.71. The van der Waals surface area contributed by atoms with Crippen molar-refractivity contribution in [1.82, 2.24) is 10.2 Å². The Morgan fingerprint density at radius 2 is 1.88 bits per heavy atom. The van der Waals surface area contributed by atoms with Crippen LogP contribution in [0.3, 0.4) is 0 Å². The van der Waals surface area contributed by atoms with Crippen LogP contribution < -0.4 is 10.6 Å². The second-order valence-corrected chi connectivity index (χ2v) is 7.70. The first kappa shape index (κ1) is 17.4. The lowest BCUT2D eigenvalue weighted by molar-refractivity contribution is 0.0150. The lowest BCUT2D eigenvalue weighted by atomic mass is 9.81. The molecule has 0 radical (unpaired) electrons. The van der Waals surface area contributed by atoms with E-state index in [2.05, 4.69) is 15.5 Å². The van der Waals surface area contributed by atoms with Gasteiger partial charge in [-0.2, -0.15) is 0 Å². The highest BCUT2D eigenvalue weighted by Gasteiger charge is 2.38. The molecule has 0 aliphatic carbocycles. The maximum atomic E-state index is 12.3. The van der Waals surface area contributed by atoms with Gasteiger partial charge in [0.2, 0.25) is 0 Å². The summed E-state index contributed by atoms with van der Waals surface area (Å²) in [6.45, 7) is 0.867. The van der Waals surface area contributed by atoms with E-state index in [4.69, 9.17) is 16.0 Å². The molecular formula is C20H24ClN3O2. The zero-order valence-electron chi connectivity index (χ0n) is 14.7. The average molecular weight is 374 g/mol. The number of carbonyl (C=O) groups is 1. The highest BCUT2D eigenvalue weighted by Crippen LogP contribution is 2.35. The number of halogens is 1. The van der Waals surface area contributed by atoms with Gasteiger partial charge in [0.15, 0.2) is 0 Å². The number of rotatable bonds is 4. The van der Waals surface area contributed by atoms with E-state index < -0.39 is 0 Å². The number of amides is 2. The van der Waals surface area contributed by atoms with Crippen LogP contribution in [0.4, 0.5) is 10.5 Å². The second-order valence-electron chi connectivity index (χ2n) is 7.26. The molecule has 26 heavy (non-hydrogen) atoms. The Labute approximate surface area is 158 Å². The Bertz CT molecular complexity index is 718. The van der Waals surface area contributed by atoms with Gasteiger partial charge in [0.25, 0.3) is 0 Å². The smallest absolute Gasteiger partial charge is 0.319 e. The van der Waals surface area contributed by atoms with Crippen molar-refractivity contribution in [3.05, 3.63) is 53.4 Å². The van der Waals surface area contributed by atoms with Crippen LogP contribution in [-0.4, -0.2) is 29.1 Å². The van der Waals surface area contributed by atoms with Crippen molar-refractivity contribution in [1.29, 1.82) is 0 Å². The predicted octanol–water partition coefficient (Wildman–Crippen LogP) is 4.64. The second kappa shape index (κ2) is 7.72. The highest BCUT2D eigenvalue weighted by atomic mass is 35.5. The molecule has 5 nitrogen and oxygen atoms in total. The lowest BCUT2D eigenvalue weighted by Gasteiger charge is -2.48. The van der Waals surface area contributed by atoms with Gasteiger partial charge in [-0.05, 0) is 62.1 Å². The molecule has 2 fully saturated rings. The fourth-order valence-electron chi connectivity index (χ4n) is 4.32. The van der Waals surface area contributed by atoms with Crippen LogP contribution in [0.15, 0.2) is 47.1 Å². The van der Waals surface area contributed by atoms with Gasteiger partial charge in [-0.3, -0.25) is 4.90 Å². The van der Waals surface area contributed by atoms with Crippen LogP contribution in [-0.2, 0) is 6.54 Å². The summed E-state index contributed by atoms with van der Waals surface area (Å²) in [6.07, 6.45) is 7.37. The van der Waals surface area contributed by atoms with E-state index in [1.807, 2.05) is 24.3 Å². The van der Waals surface area contributed by atoms with Gasteiger partial charge in [0.05, 0.1) is 12.8 Å². The zero-order chi connectivity index (χ0) is 17.9. The van der Waals surface area contributed by atoms with Gasteiger partial charge >= 0.3 is 6.03 Å². The monoisotopic (exact) mass is 373 g/mol. The number of anilines is 1. The van der Waals surface area contributed by atoms with E-state index >= 15 is 0 Å². The van der Waals surface area contributed by atoms with Crippen LogP contribution in [0.2, 0.25) is 5.02 Å². The average Bonchev–Trinajstić information content (AvgIpc) is 3.11. The third-order valence-corrected chi connectivity index (χ3v) is 5.73. The van der Waals surface area contributed by atoms with Crippen LogP contribution >= 0.6 is 11.6 Å². The first-order valence-electron chi connectivity index (χ1n) is 9.28. The molecule has 2 N–H and O–H groups in total. The summed E-state index contributed by atoms with van der Waals surface area (Å²) in [5.74, 6) is 1.02. The number of urea groups is 1. The van der Waals surface area contributed by atoms with E-state index in [9.17, 15) is 4.79 Å². The van der Waals surface area contributed by atoms with E-state index in [-0.39, 0.29) is 12.1 Å². The van der Waals surface area contributed by atoms with Crippen molar-refractivity contribution >= 4 is 23.3 Å². The molecule has 2 aliphatic rings. The van der Waals surface area contributed by atoms with Crippen LogP contribution in [0, 0.1) is 0 Å². The van der Waals surface area contributed by atoms with E-state index in [1.54, 1.807) is 18.4 Å². The van der Waals surface area contributed by atoms with E-state index in [0.717, 1.165) is 30.8 Å². The molecule has 2 amide bonds. The molecule has 0 saturated carbocycles. The van der Waals surface area contributed by atoms with Gasteiger partial charge in [0.1, 0.15) is 5.76 Å². The molecule has 2 atom stereocenters. The van der Waals surface area contributed by atoms with Gasteiger partial charge in [-0.15, -0.1) is 0 Å². The van der Waals surface area contributed by atoms with Gasteiger partial charge in [-0.25, -0.2) is 4.79 Å². The molecule has 2 unspecified atom stereocenters. The van der Waals surface area contributed by atoms with E-state index in [0.29, 0.717) is 17.1 Å². The zero-order valence-corrected chi connectivity index (χ0v) is 15.4. The molecule has 138 valence electrons. The van der Waals surface area contributed by atoms with Crippen molar-refractivity contribution in [2.24, 2.45) is 0 Å². The number of nitrogens with zero attached hydrogens (tertiary/aromatic N) is 1. The molecule has 3 heterocycles. The third kappa shape index (κ3) is 4.05. The molecule has 4 rings (SSSR count). The van der Waals surface area contributed by atoms with Crippen molar-refractivity contribution in [2.45, 2.75) is 56.8 Å². The first-order chi connectivity index (χ1) is 12.7. The topological polar surface area (TPSA) is 57.5 Å². The Morgan fingerprint density at radius 3 is 2.54 bits per heavy atom. The molecule has 6 heteroatoms. The third-order valence-electron chi connectivity index (χ3n) is 5.48. The number of hydrogen-bond acceptors (Lipinski definition) is 3. The summed E-state index contributed by atoms with van der Waals surface area (Å²) in [4.78, 5) is 14.9. The SMILES string of the molecule is O=C(Nc1ccc(Cl)cc1)NC1CC2CCCC(C1)N2Cc1ccco1. The maximum Gasteiger partial charge on any atom is 0.319 e. The molecule has 1 aromatic carbocycles. The van der Waals surface area contributed by atoms with Crippen molar-refractivity contribution in [2.75, 3.05) is 5.32 Å². The number of nitrogens with one attached hydrogen (secondary N) is 2. The number of hydrogen-bond donors (Lipinski definition) is 2. The van der Waals surface area contributed by atoms with Crippen molar-refractivity contribution < 1.29 is 9.21 Å². The summed E-state index contributed by atoms with van der Waals surface area (Å²) in [7, 11) is 0. The number of benzene rings is 1. The van der Waals surface area contributed by atoms with Gasteiger partial charge in [0, 0.05) is 28.8 Å². The normalized spacial score (nSPS) is 25.7. The number of carbonyl (C=O) groups excluding carboxylic acids is 1. The molecule has 1 aromatic heterocycles. The van der Waals surface area contributed by atoms with Crippen molar-refractivity contribution in [3.8, 4) is 0 Å². The van der Waals surface area contributed by atoms with Gasteiger partial charge in [-0.1, -0.05) is 18.0 Å². The van der Waals surface area contributed by atoms with Gasteiger partial charge < -0.3 is 15.1 Å². The fourth-order valence-corrected chi connectivity index (χ4v) is 4.45. The maximum absolute atomic E-state index is 12.3. The molecule has 2 saturated heterocycles. The van der Waals surface area contributed by atoms with E-state index in [1.165, 1.54) is 19.3 Å². The Kier molecular flexibility index (Phi) is 5.18. The minimum absolute atomic E-state index is 0.144. The van der Waals surface area contributed by atoms with Crippen molar-refractivity contribution in [3.63, 3.8) is 0 Å². The predicted molar refractivity (Wildman–Crippen MR) is 102 cm³/mol. The number of piperidine rings is 2. The number of furan rings is 1. The summed E-state index contributed by atoms with van der Waals surface area (Å²) >= 11 is 5.88. The Balaban J connectivity index is 1.34. The minimum Gasteiger partial charge on any atom is -0.468 e. The Morgan fingerprint density at radius 1 is 1.15 bits per heavy atom. The highest BCUT2D eigenvalue weighted by molar-refractivity contribution is 6.30. The van der Waals surface area contributed by atoms with Crippen LogP contribution in [0.5, 0.6) is 0 Å². The quantitative estimate of drug-likeness (QED) is 0.820. The van der Waals surface area contributed by atoms with Crippen LogP contribution in [0.1, 0.15) is 37.9 Å². The molecule has 2 aromatic rings. The molecular weight excluding hydrogens is 350 g/mol. The fraction of sp³-hybridized carbons (Fsp3) is 0.450. The summed E-state index contributed by atoms with van der Waals surface area (Å²) < 4.78 is 5.54. The minimum atomic E-state index is -0.144. The number of fused-ring (bicyclic) bond motifs is 2. The lowest BCUT2D eigenvalue weighted by Crippen LogP contribution is -2.56.